The molecular weight excluding hydrogens is 620 g/mol. The number of sulfonamides is 1. The number of benzene rings is 3. The maximum absolute atomic E-state index is 14.0. The summed E-state index contributed by atoms with van der Waals surface area (Å²) < 4.78 is 53.9. The summed E-state index contributed by atoms with van der Waals surface area (Å²) >= 11 is 12.5. The normalized spacial score (nSPS) is 13.2. The van der Waals surface area contributed by atoms with Crippen LogP contribution in [0.2, 0.25) is 10.0 Å². The summed E-state index contributed by atoms with van der Waals surface area (Å²) in [5.74, 6) is -1.04. The number of halogens is 3. The number of carbonyl (C=O) groups is 2. The number of fused-ring (bicyclic) bond motifs is 1. The van der Waals surface area contributed by atoms with E-state index in [1.807, 2.05) is 6.92 Å². The molecule has 0 saturated carbocycles. The zero-order valence-corrected chi connectivity index (χ0v) is 26.0. The van der Waals surface area contributed by atoms with Gasteiger partial charge in [-0.2, -0.15) is 0 Å². The van der Waals surface area contributed by atoms with E-state index in [0.717, 1.165) is 29.3 Å². The van der Waals surface area contributed by atoms with E-state index >= 15 is 0 Å². The molecule has 43 heavy (non-hydrogen) atoms. The van der Waals surface area contributed by atoms with Gasteiger partial charge in [0.1, 0.15) is 31.6 Å². The summed E-state index contributed by atoms with van der Waals surface area (Å²) in [6, 6.07) is 12.6. The Morgan fingerprint density at radius 2 is 1.70 bits per heavy atom. The Kier molecular flexibility index (Phi) is 10.8. The van der Waals surface area contributed by atoms with Crippen LogP contribution in [0.4, 0.5) is 10.1 Å². The van der Waals surface area contributed by atoms with Crippen LogP contribution in [0, 0.1) is 5.82 Å². The average Bonchev–Trinajstić information content (AvgIpc) is 2.99. The number of hydrogen-bond acceptors (Lipinski definition) is 6. The molecule has 1 atom stereocenters. The van der Waals surface area contributed by atoms with Crippen molar-refractivity contribution in [3.63, 3.8) is 0 Å². The Balaban J connectivity index is 1.71. The lowest BCUT2D eigenvalue weighted by molar-refractivity contribution is -0.139. The first kappa shape index (κ1) is 32.4. The summed E-state index contributed by atoms with van der Waals surface area (Å²) in [6.07, 6.45) is 1.61. The summed E-state index contributed by atoms with van der Waals surface area (Å²) in [5, 5.41) is 3.49. The van der Waals surface area contributed by atoms with Crippen molar-refractivity contribution in [2.45, 2.75) is 44.2 Å². The first-order chi connectivity index (χ1) is 20.5. The quantitative estimate of drug-likeness (QED) is 0.262. The molecule has 0 radical (unpaired) electrons. The van der Waals surface area contributed by atoms with Crippen molar-refractivity contribution in [2.75, 3.05) is 30.6 Å². The average molecular weight is 653 g/mol. The lowest BCUT2D eigenvalue weighted by Gasteiger charge is -2.32. The first-order valence-electron chi connectivity index (χ1n) is 13.7. The van der Waals surface area contributed by atoms with E-state index in [1.54, 1.807) is 19.1 Å². The van der Waals surface area contributed by atoms with Crippen LogP contribution in [-0.4, -0.2) is 57.5 Å². The Hall–Kier alpha value is -3.54. The molecule has 9 nitrogen and oxygen atoms in total. The van der Waals surface area contributed by atoms with E-state index in [9.17, 15) is 22.4 Å². The van der Waals surface area contributed by atoms with Crippen molar-refractivity contribution in [3.8, 4) is 11.5 Å². The molecule has 0 aliphatic carbocycles. The molecule has 13 heteroatoms. The minimum Gasteiger partial charge on any atom is -0.486 e. The van der Waals surface area contributed by atoms with Crippen LogP contribution in [0.15, 0.2) is 65.6 Å². The SMILES string of the molecule is CCCCNC(=O)[C@@H](C)N(Cc1ccc(Cl)cc1Cl)C(=O)CN(c1ccc(F)cc1)S(=O)(=O)c1ccc2c(c1)OCCO2. The highest BCUT2D eigenvalue weighted by atomic mass is 35.5. The minimum absolute atomic E-state index is 0.0502. The number of anilines is 1. The van der Waals surface area contributed by atoms with Crippen LogP contribution in [0.5, 0.6) is 11.5 Å². The fourth-order valence-corrected chi connectivity index (χ4v) is 6.30. The largest absolute Gasteiger partial charge is 0.486 e. The summed E-state index contributed by atoms with van der Waals surface area (Å²) in [7, 11) is -4.40. The third-order valence-corrected chi connectivity index (χ3v) is 9.20. The molecule has 0 saturated heterocycles. The number of unbranched alkanes of at least 4 members (excludes halogenated alkanes) is 1. The first-order valence-corrected chi connectivity index (χ1v) is 15.9. The number of rotatable bonds is 12. The predicted molar refractivity (Wildman–Crippen MR) is 163 cm³/mol. The lowest BCUT2D eigenvalue weighted by atomic mass is 10.1. The fraction of sp³-hybridized carbons (Fsp3) is 0.333. The molecule has 1 heterocycles. The second-order valence-electron chi connectivity index (χ2n) is 9.87. The molecule has 3 aromatic rings. The number of nitrogens with one attached hydrogen (secondary N) is 1. The summed E-state index contributed by atoms with van der Waals surface area (Å²) in [4.78, 5) is 28.2. The van der Waals surface area contributed by atoms with Crippen molar-refractivity contribution < 1.29 is 31.9 Å². The predicted octanol–water partition coefficient (Wildman–Crippen LogP) is 5.43. The Morgan fingerprint density at radius 3 is 2.37 bits per heavy atom. The third kappa shape index (κ3) is 7.90. The van der Waals surface area contributed by atoms with Gasteiger partial charge in [0.2, 0.25) is 11.8 Å². The maximum atomic E-state index is 14.0. The Bertz CT molecular complexity index is 1570. The molecule has 2 amide bonds. The second kappa shape index (κ2) is 14.3. The van der Waals surface area contributed by atoms with Crippen LogP contribution in [0.25, 0.3) is 0 Å². The van der Waals surface area contributed by atoms with Gasteiger partial charge in [0.05, 0.1) is 10.6 Å². The molecular formula is C30H32Cl2FN3O6S. The molecule has 0 spiro atoms. The van der Waals surface area contributed by atoms with Gasteiger partial charge in [-0.1, -0.05) is 42.6 Å². The highest BCUT2D eigenvalue weighted by molar-refractivity contribution is 7.92. The molecule has 3 aromatic carbocycles. The molecule has 1 aliphatic rings. The van der Waals surface area contributed by atoms with E-state index in [1.165, 1.54) is 41.3 Å². The zero-order chi connectivity index (χ0) is 31.1. The number of nitrogens with zero attached hydrogens (tertiary/aromatic N) is 2. The number of amides is 2. The minimum atomic E-state index is -4.40. The smallest absolute Gasteiger partial charge is 0.264 e. The van der Waals surface area contributed by atoms with Crippen LogP contribution in [0.1, 0.15) is 32.3 Å². The Labute approximate surface area is 260 Å². The van der Waals surface area contributed by atoms with Gasteiger partial charge < -0.3 is 19.7 Å². The maximum Gasteiger partial charge on any atom is 0.264 e. The van der Waals surface area contributed by atoms with E-state index in [-0.39, 0.29) is 34.5 Å². The van der Waals surface area contributed by atoms with Gasteiger partial charge in [0, 0.05) is 29.2 Å². The zero-order valence-electron chi connectivity index (χ0n) is 23.7. The summed E-state index contributed by atoms with van der Waals surface area (Å²) in [6.45, 7) is 3.74. The lowest BCUT2D eigenvalue weighted by Crippen LogP contribution is -2.51. The van der Waals surface area contributed by atoms with Crippen LogP contribution in [0.3, 0.4) is 0 Å². The molecule has 0 fully saturated rings. The van der Waals surface area contributed by atoms with Gasteiger partial charge in [0.15, 0.2) is 11.5 Å². The number of ether oxygens (including phenoxy) is 2. The summed E-state index contributed by atoms with van der Waals surface area (Å²) in [5.41, 5.74) is 0.560. The highest BCUT2D eigenvalue weighted by Gasteiger charge is 2.33. The molecule has 1 aliphatic heterocycles. The van der Waals surface area contributed by atoms with Crippen molar-refractivity contribution >= 4 is 50.7 Å². The van der Waals surface area contributed by atoms with Crippen LogP contribution in [-0.2, 0) is 26.2 Å². The molecule has 4 rings (SSSR count). The second-order valence-corrected chi connectivity index (χ2v) is 12.6. The monoisotopic (exact) mass is 651 g/mol. The van der Waals surface area contributed by atoms with E-state index in [4.69, 9.17) is 32.7 Å². The van der Waals surface area contributed by atoms with E-state index in [2.05, 4.69) is 5.32 Å². The molecule has 230 valence electrons. The van der Waals surface area contributed by atoms with Gasteiger partial charge in [0.25, 0.3) is 10.0 Å². The highest BCUT2D eigenvalue weighted by Crippen LogP contribution is 2.34. The van der Waals surface area contributed by atoms with Crippen molar-refractivity contribution in [2.24, 2.45) is 0 Å². The molecule has 0 bridgehead atoms. The number of hydrogen-bond donors (Lipinski definition) is 1. The van der Waals surface area contributed by atoms with Gasteiger partial charge in [-0.05, 0) is 67.4 Å². The van der Waals surface area contributed by atoms with Crippen molar-refractivity contribution in [3.05, 3.63) is 82.1 Å². The van der Waals surface area contributed by atoms with E-state index in [0.29, 0.717) is 29.5 Å². The van der Waals surface area contributed by atoms with Crippen LogP contribution < -0.4 is 19.1 Å². The molecule has 0 aromatic heterocycles. The van der Waals surface area contributed by atoms with Crippen molar-refractivity contribution in [1.82, 2.24) is 10.2 Å². The fourth-order valence-electron chi connectivity index (χ4n) is 4.40. The standard InChI is InChI=1S/C30H32Cl2FN3O6S/c1-3-4-13-34-30(38)20(2)35(18-21-5-6-22(31)16-26(21)32)29(37)19-36(24-9-7-23(33)8-10-24)43(39,40)25-11-12-27-28(17-25)42-15-14-41-27/h5-12,16-17,20H,3-4,13-15,18-19H2,1-2H3,(H,34,38)/t20-/m1/s1. The molecule has 0 unspecified atom stereocenters. The topological polar surface area (TPSA) is 105 Å². The number of carbonyl (C=O) groups excluding carboxylic acids is 2. The van der Waals surface area contributed by atoms with Gasteiger partial charge >= 0.3 is 0 Å². The Morgan fingerprint density at radius 1 is 1.00 bits per heavy atom. The van der Waals surface area contributed by atoms with Gasteiger partial charge in [-0.15, -0.1) is 0 Å². The van der Waals surface area contributed by atoms with Gasteiger partial charge in [-0.25, -0.2) is 12.8 Å². The van der Waals surface area contributed by atoms with Gasteiger partial charge in [-0.3, -0.25) is 13.9 Å². The van der Waals surface area contributed by atoms with E-state index < -0.39 is 40.2 Å². The van der Waals surface area contributed by atoms with Crippen molar-refractivity contribution in [1.29, 1.82) is 0 Å². The molecule has 1 N–H and O–H groups in total. The third-order valence-electron chi connectivity index (χ3n) is 6.85. The van der Waals surface area contributed by atoms with Crippen LogP contribution >= 0.6 is 23.2 Å².